The number of benzene rings is 1. The van der Waals surface area contributed by atoms with Crippen LogP contribution < -0.4 is 10.6 Å². The molecular formula is C20H14BrClN4O3S. The third-order valence-corrected chi connectivity index (χ3v) is 7.23. The number of nitriles is 1. The fourth-order valence-electron chi connectivity index (χ4n) is 3.92. The van der Waals surface area contributed by atoms with Gasteiger partial charge in [0.05, 0.1) is 33.2 Å². The Bertz CT molecular complexity index is 1200. The number of Topliss-reactive ketones (excluding diaryl/α,β-unsaturated/α-hetero) is 1. The molecule has 10 heteroatoms. The Kier molecular flexibility index (Phi) is 5.40. The molecule has 1 unspecified atom stereocenters. The van der Waals surface area contributed by atoms with E-state index in [1.54, 1.807) is 4.90 Å². The number of ketones is 1. The number of carbonyl (C=O) groups excluding carboxylic acids is 1. The predicted molar refractivity (Wildman–Crippen MR) is 118 cm³/mol. The number of nitro benzene ring substituents is 1. The zero-order valence-electron chi connectivity index (χ0n) is 15.4. The van der Waals surface area contributed by atoms with Crippen molar-refractivity contribution in [1.82, 2.24) is 0 Å². The summed E-state index contributed by atoms with van der Waals surface area (Å²) in [7, 11) is 0. The van der Waals surface area contributed by atoms with Gasteiger partial charge in [-0.25, -0.2) is 0 Å². The fourth-order valence-corrected chi connectivity index (χ4v) is 5.74. The molecule has 0 amide bonds. The Morgan fingerprint density at radius 3 is 2.73 bits per heavy atom. The van der Waals surface area contributed by atoms with E-state index in [1.807, 2.05) is 11.4 Å². The molecule has 2 N–H and O–H groups in total. The third-order valence-electron chi connectivity index (χ3n) is 5.17. The van der Waals surface area contributed by atoms with E-state index in [1.165, 1.54) is 29.5 Å². The second-order valence-corrected chi connectivity index (χ2v) is 9.14. The molecule has 7 nitrogen and oxygen atoms in total. The second-order valence-electron chi connectivity index (χ2n) is 6.88. The van der Waals surface area contributed by atoms with Crippen molar-refractivity contribution in [3.8, 4) is 6.07 Å². The highest BCUT2D eigenvalue weighted by molar-refractivity contribution is 9.10. The summed E-state index contributed by atoms with van der Waals surface area (Å²) in [6.07, 6.45) is 1.62. The van der Waals surface area contributed by atoms with E-state index >= 15 is 0 Å². The zero-order chi connectivity index (χ0) is 21.6. The molecule has 1 atom stereocenters. The standard InChI is InChI=1S/C20H14BrClN4O3S/c21-10-6-17(30-9-10)18-12(8-23)20(24)25(15-2-1-3-16(27)19(15)18)14-5-4-11(26(28)29)7-13(14)22/h4-7,9,18H,1-3,24H2. The number of nitrogens with two attached hydrogens (primary N) is 1. The highest BCUT2D eigenvalue weighted by atomic mass is 79.9. The highest BCUT2D eigenvalue weighted by Crippen LogP contribution is 2.49. The van der Waals surface area contributed by atoms with Crippen molar-refractivity contribution >= 4 is 56.0 Å². The first-order valence-corrected chi connectivity index (χ1v) is 11.0. The summed E-state index contributed by atoms with van der Waals surface area (Å²) in [6.45, 7) is 0. The summed E-state index contributed by atoms with van der Waals surface area (Å²) in [6, 6.07) is 8.13. The maximum Gasteiger partial charge on any atom is 0.271 e. The van der Waals surface area contributed by atoms with Crippen LogP contribution in [0.5, 0.6) is 0 Å². The minimum absolute atomic E-state index is 0.0333. The molecular weight excluding hydrogens is 492 g/mol. The van der Waals surface area contributed by atoms with Gasteiger partial charge < -0.3 is 5.73 Å². The lowest BCUT2D eigenvalue weighted by molar-refractivity contribution is -0.384. The number of non-ortho nitro benzene ring substituents is 1. The largest absolute Gasteiger partial charge is 0.384 e. The van der Waals surface area contributed by atoms with Gasteiger partial charge in [-0.3, -0.25) is 19.8 Å². The number of carbonyl (C=O) groups is 1. The first kappa shape index (κ1) is 20.6. The molecule has 1 aromatic carbocycles. The molecule has 0 spiro atoms. The second kappa shape index (κ2) is 7.87. The number of rotatable bonds is 3. The van der Waals surface area contributed by atoms with Crippen LogP contribution in [-0.4, -0.2) is 10.7 Å². The van der Waals surface area contributed by atoms with E-state index in [2.05, 4.69) is 22.0 Å². The maximum absolute atomic E-state index is 13.0. The number of hydrogen-bond acceptors (Lipinski definition) is 7. The van der Waals surface area contributed by atoms with Gasteiger partial charge in [-0.1, -0.05) is 11.6 Å². The summed E-state index contributed by atoms with van der Waals surface area (Å²) >= 11 is 11.2. The lowest BCUT2D eigenvalue weighted by Crippen LogP contribution is -2.38. The Morgan fingerprint density at radius 1 is 1.37 bits per heavy atom. The summed E-state index contributed by atoms with van der Waals surface area (Å²) < 4.78 is 0.865. The predicted octanol–water partition coefficient (Wildman–Crippen LogP) is 5.38. The molecule has 0 radical (unpaired) electrons. The van der Waals surface area contributed by atoms with Crippen LogP contribution in [0.4, 0.5) is 11.4 Å². The summed E-state index contributed by atoms with van der Waals surface area (Å²) in [5.74, 6) is -0.396. The van der Waals surface area contributed by atoms with Gasteiger partial charge in [-0.15, -0.1) is 11.3 Å². The molecule has 2 aromatic rings. The number of halogens is 2. The van der Waals surface area contributed by atoms with Gasteiger partial charge in [0.2, 0.25) is 0 Å². The molecule has 4 rings (SSSR count). The molecule has 0 saturated heterocycles. The highest BCUT2D eigenvalue weighted by Gasteiger charge is 2.41. The molecule has 0 fully saturated rings. The Hall–Kier alpha value is -2.67. The Morgan fingerprint density at radius 2 is 2.13 bits per heavy atom. The van der Waals surface area contributed by atoms with Gasteiger partial charge in [0.1, 0.15) is 5.82 Å². The zero-order valence-corrected chi connectivity index (χ0v) is 18.6. The first-order chi connectivity index (χ1) is 14.3. The van der Waals surface area contributed by atoms with Crippen LogP contribution in [0.1, 0.15) is 30.1 Å². The van der Waals surface area contributed by atoms with E-state index < -0.39 is 10.8 Å². The van der Waals surface area contributed by atoms with Crippen molar-refractivity contribution < 1.29 is 9.72 Å². The van der Waals surface area contributed by atoms with Gasteiger partial charge in [0.15, 0.2) is 5.78 Å². The molecule has 0 bridgehead atoms. The van der Waals surface area contributed by atoms with Crippen molar-refractivity contribution in [2.24, 2.45) is 5.73 Å². The minimum Gasteiger partial charge on any atom is -0.384 e. The van der Waals surface area contributed by atoms with Crippen molar-refractivity contribution in [2.45, 2.75) is 25.2 Å². The third kappa shape index (κ3) is 3.31. The minimum atomic E-state index is -0.540. The number of anilines is 1. The monoisotopic (exact) mass is 504 g/mol. The molecule has 1 aromatic heterocycles. The fraction of sp³-hybridized carbons (Fsp3) is 0.200. The van der Waals surface area contributed by atoms with Crippen LogP contribution in [0.2, 0.25) is 5.02 Å². The normalized spacial score (nSPS) is 19.0. The van der Waals surface area contributed by atoms with Crippen LogP contribution in [-0.2, 0) is 4.79 Å². The topological polar surface area (TPSA) is 113 Å². The van der Waals surface area contributed by atoms with E-state index in [0.29, 0.717) is 36.2 Å². The van der Waals surface area contributed by atoms with Crippen LogP contribution in [0.3, 0.4) is 0 Å². The van der Waals surface area contributed by atoms with E-state index in [0.717, 1.165) is 9.35 Å². The molecule has 1 aliphatic heterocycles. The van der Waals surface area contributed by atoms with Crippen LogP contribution in [0.15, 0.2) is 56.8 Å². The van der Waals surface area contributed by atoms with Gasteiger partial charge in [0.25, 0.3) is 5.69 Å². The van der Waals surface area contributed by atoms with E-state index in [-0.39, 0.29) is 27.9 Å². The first-order valence-electron chi connectivity index (χ1n) is 8.97. The molecule has 0 saturated carbocycles. The molecule has 152 valence electrons. The summed E-state index contributed by atoms with van der Waals surface area (Å²) in [4.78, 5) is 26.0. The Balaban J connectivity index is 1.96. The molecule has 1 aliphatic carbocycles. The lowest BCUT2D eigenvalue weighted by Gasteiger charge is -2.39. The molecule has 2 heterocycles. The number of nitro groups is 1. The van der Waals surface area contributed by atoms with Crippen LogP contribution in [0.25, 0.3) is 0 Å². The number of allylic oxidation sites excluding steroid dienone is 3. The molecule has 30 heavy (non-hydrogen) atoms. The van der Waals surface area contributed by atoms with Gasteiger partial charge in [-0.2, -0.15) is 5.26 Å². The summed E-state index contributed by atoms with van der Waals surface area (Å²) in [5, 5.41) is 23.0. The van der Waals surface area contributed by atoms with Gasteiger partial charge >= 0.3 is 0 Å². The number of hydrogen-bond donors (Lipinski definition) is 1. The Labute approximate surface area is 189 Å². The van der Waals surface area contributed by atoms with Crippen molar-refractivity contribution in [1.29, 1.82) is 5.26 Å². The quantitative estimate of drug-likeness (QED) is 0.443. The van der Waals surface area contributed by atoms with Crippen LogP contribution >= 0.6 is 38.9 Å². The van der Waals surface area contributed by atoms with Crippen molar-refractivity contribution in [2.75, 3.05) is 4.90 Å². The average Bonchev–Trinajstić information content (AvgIpc) is 3.13. The van der Waals surface area contributed by atoms with E-state index in [4.69, 9.17) is 17.3 Å². The SMILES string of the molecule is N#CC1=C(N)N(c2ccc([N+](=O)[O-])cc2Cl)C2=C(C(=O)CCC2)C1c1cc(Br)cs1. The maximum atomic E-state index is 13.0. The lowest BCUT2D eigenvalue weighted by atomic mass is 9.78. The average molecular weight is 506 g/mol. The van der Waals surface area contributed by atoms with Gasteiger partial charge in [0, 0.05) is 44.6 Å². The number of thiophene rings is 1. The number of nitrogens with zero attached hydrogens (tertiary/aromatic N) is 3. The molecule has 2 aliphatic rings. The van der Waals surface area contributed by atoms with E-state index in [9.17, 15) is 20.2 Å². The summed E-state index contributed by atoms with van der Waals surface area (Å²) in [5.41, 5.74) is 8.19. The van der Waals surface area contributed by atoms with Crippen molar-refractivity contribution in [3.05, 3.63) is 76.8 Å². The van der Waals surface area contributed by atoms with Crippen LogP contribution in [0, 0.1) is 21.4 Å². The van der Waals surface area contributed by atoms with Gasteiger partial charge in [-0.05, 0) is 40.9 Å². The van der Waals surface area contributed by atoms with Crippen molar-refractivity contribution in [3.63, 3.8) is 0 Å². The smallest absolute Gasteiger partial charge is 0.271 e.